The summed E-state index contributed by atoms with van der Waals surface area (Å²) in [5, 5.41) is 3.21. The van der Waals surface area contributed by atoms with Gasteiger partial charge in [0.2, 0.25) is 0 Å². The van der Waals surface area contributed by atoms with Gasteiger partial charge in [0.05, 0.1) is 13.2 Å². The van der Waals surface area contributed by atoms with Gasteiger partial charge in [0, 0.05) is 32.7 Å². The smallest absolute Gasteiger partial charge is 0.188 e. The van der Waals surface area contributed by atoms with E-state index in [0.717, 1.165) is 71.9 Å². The van der Waals surface area contributed by atoms with Crippen molar-refractivity contribution in [3.05, 3.63) is 35.9 Å². The summed E-state index contributed by atoms with van der Waals surface area (Å²) in [5.41, 5.74) is 7.27. The number of nitrogens with zero attached hydrogens (tertiary/aromatic N) is 3. The number of benzene rings is 1. The van der Waals surface area contributed by atoms with E-state index < -0.39 is 0 Å². The van der Waals surface area contributed by atoms with Crippen molar-refractivity contribution in [2.45, 2.75) is 19.4 Å². The van der Waals surface area contributed by atoms with Gasteiger partial charge in [0.25, 0.3) is 0 Å². The van der Waals surface area contributed by atoms with Gasteiger partial charge in [-0.15, -0.1) is 0 Å². The number of ether oxygens (including phenoxy) is 1. The lowest BCUT2D eigenvalue weighted by molar-refractivity contribution is 0.0376. The van der Waals surface area contributed by atoms with Crippen LogP contribution < -0.4 is 11.1 Å². The quantitative estimate of drug-likeness (QED) is 0.377. The van der Waals surface area contributed by atoms with Gasteiger partial charge < -0.3 is 20.7 Å². The van der Waals surface area contributed by atoms with Crippen LogP contribution in [0.5, 0.6) is 0 Å². The third-order valence-corrected chi connectivity index (χ3v) is 4.34. The van der Waals surface area contributed by atoms with Gasteiger partial charge in [-0.3, -0.25) is 9.89 Å². The number of aliphatic imine (C=N–C) groups is 1. The summed E-state index contributed by atoms with van der Waals surface area (Å²) < 4.78 is 5.35. The summed E-state index contributed by atoms with van der Waals surface area (Å²) in [6.45, 7) is 8.52. The zero-order valence-corrected chi connectivity index (χ0v) is 15.5. The van der Waals surface area contributed by atoms with Crippen LogP contribution >= 0.6 is 0 Å². The number of guanidine groups is 1. The molecule has 0 spiro atoms. The minimum absolute atomic E-state index is 0.563. The van der Waals surface area contributed by atoms with E-state index in [0.29, 0.717) is 5.96 Å². The van der Waals surface area contributed by atoms with Crippen LogP contribution in [0.1, 0.15) is 18.4 Å². The molecule has 0 unspecified atom stereocenters. The Balaban J connectivity index is 1.49. The highest BCUT2D eigenvalue weighted by Gasteiger charge is 2.08. The molecule has 0 saturated carbocycles. The van der Waals surface area contributed by atoms with Crippen LogP contribution in [0.3, 0.4) is 0 Å². The predicted octanol–water partition coefficient (Wildman–Crippen LogP) is 1.14. The Bertz CT molecular complexity index is 488. The van der Waals surface area contributed by atoms with E-state index in [4.69, 9.17) is 10.5 Å². The van der Waals surface area contributed by atoms with Gasteiger partial charge in [-0.05, 0) is 38.5 Å². The van der Waals surface area contributed by atoms with Crippen LogP contribution in [0.15, 0.2) is 35.3 Å². The van der Waals surface area contributed by atoms with E-state index in [1.807, 2.05) is 0 Å². The summed E-state index contributed by atoms with van der Waals surface area (Å²) >= 11 is 0. The van der Waals surface area contributed by atoms with E-state index >= 15 is 0 Å². The van der Waals surface area contributed by atoms with Gasteiger partial charge in [-0.25, -0.2) is 0 Å². The predicted molar refractivity (Wildman–Crippen MR) is 104 cm³/mol. The molecular formula is C19H33N5O. The highest BCUT2D eigenvalue weighted by atomic mass is 16.5. The molecule has 1 aliphatic rings. The Morgan fingerprint density at radius 2 is 2.00 bits per heavy atom. The maximum Gasteiger partial charge on any atom is 0.188 e. The van der Waals surface area contributed by atoms with Crippen molar-refractivity contribution in [1.29, 1.82) is 0 Å². The molecule has 0 aromatic heterocycles. The van der Waals surface area contributed by atoms with Gasteiger partial charge in [0.1, 0.15) is 0 Å². The Kier molecular flexibility index (Phi) is 9.33. The van der Waals surface area contributed by atoms with Gasteiger partial charge in [-0.2, -0.15) is 0 Å². The van der Waals surface area contributed by atoms with Crippen LogP contribution in [-0.2, 0) is 11.3 Å². The number of morpholine rings is 1. The lowest BCUT2D eigenvalue weighted by atomic mass is 10.2. The van der Waals surface area contributed by atoms with Crippen molar-refractivity contribution in [2.24, 2.45) is 10.7 Å². The molecule has 0 atom stereocenters. The first kappa shape index (κ1) is 19.7. The average Bonchev–Trinajstić information content (AvgIpc) is 2.64. The molecule has 6 heteroatoms. The van der Waals surface area contributed by atoms with Crippen molar-refractivity contribution in [3.63, 3.8) is 0 Å². The Hall–Kier alpha value is -1.63. The number of hydrogen-bond donors (Lipinski definition) is 2. The summed E-state index contributed by atoms with van der Waals surface area (Å²) in [4.78, 5) is 9.16. The van der Waals surface area contributed by atoms with E-state index in [-0.39, 0.29) is 0 Å². The van der Waals surface area contributed by atoms with Crippen molar-refractivity contribution in [2.75, 3.05) is 59.5 Å². The first-order chi connectivity index (χ1) is 12.2. The third kappa shape index (κ3) is 8.86. The fourth-order valence-electron chi connectivity index (χ4n) is 2.91. The Morgan fingerprint density at radius 1 is 1.24 bits per heavy atom. The molecule has 0 aliphatic carbocycles. The molecule has 1 aliphatic heterocycles. The molecular weight excluding hydrogens is 314 g/mol. The largest absolute Gasteiger partial charge is 0.379 e. The Morgan fingerprint density at radius 3 is 2.76 bits per heavy atom. The number of nitrogens with two attached hydrogens (primary N) is 1. The fraction of sp³-hybridized carbons (Fsp3) is 0.632. The molecule has 2 rings (SSSR count). The summed E-state index contributed by atoms with van der Waals surface area (Å²) in [6.07, 6.45) is 2.09. The molecule has 0 radical (unpaired) electrons. The van der Waals surface area contributed by atoms with Gasteiger partial charge >= 0.3 is 0 Å². The number of rotatable bonds is 10. The molecule has 1 heterocycles. The first-order valence-corrected chi connectivity index (χ1v) is 9.30. The lowest BCUT2D eigenvalue weighted by Crippen LogP contribution is -2.39. The fourth-order valence-corrected chi connectivity index (χ4v) is 2.91. The molecule has 3 N–H and O–H groups in total. The highest BCUT2D eigenvalue weighted by molar-refractivity contribution is 5.77. The van der Waals surface area contributed by atoms with Crippen molar-refractivity contribution >= 4 is 5.96 Å². The van der Waals surface area contributed by atoms with E-state index in [2.05, 4.69) is 57.5 Å². The molecule has 1 fully saturated rings. The van der Waals surface area contributed by atoms with Crippen molar-refractivity contribution in [1.82, 2.24) is 15.1 Å². The van der Waals surface area contributed by atoms with Gasteiger partial charge in [-0.1, -0.05) is 30.3 Å². The first-order valence-electron chi connectivity index (χ1n) is 9.30. The molecule has 1 saturated heterocycles. The molecule has 6 nitrogen and oxygen atoms in total. The van der Waals surface area contributed by atoms with Gasteiger partial charge in [0.15, 0.2) is 5.96 Å². The highest BCUT2D eigenvalue weighted by Crippen LogP contribution is 2.02. The molecule has 0 amide bonds. The standard InChI is InChI=1S/C19H33N5O/c1-23(17-18-7-3-2-4-8-18)11-5-9-21-19(20)22-10-6-12-24-13-15-25-16-14-24/h2-4,7-8H,5-6,9-17H2,1H3,(H3,20,21,22). The minimum Gasteiger partial charge on any atom is -0.379 e. The third-order valence-electron chi connectivity index (χ3n) is 4.34. The van der Waals surface area contributed by atoms with Crippen LogP contribution in [0, 0.1) is 0 Å². The summed E-state index contributed by atoms with van der Waals surface area (Å²) in [5.74, 6) is 0.563. The van der Waals surface area contributed by atoms with E-state index in [1.54, 1.807) is 0 Å². The lowest BCUT2D eigenvalue weighted by Gasteiger charge is -2.26. The number of nitrogens with one attached hydrogen (secondary N) is 1. The monoisotopic (exact) mass is 347 g/mol. The van der Waals surface area contributed by atoms with Crippen LogP contribution in [0.4, 0.5) is 0 Å². The normalized spacial score (nSPS) is 16.3. The van der Waals surface area contributed by atoms with E-state index in [1.165, 1.54) is 5.56 Å². The second kappa shape index (κ2) is 11.8. The maximum atomic E-state index is 5.93. The summed E-state index contributed by atoms with van der Waals surface area (Å²) in [6, 6.07) is 10.5. The number of hydrogen-bond acceptors (Lipinski definition) is 4. The molecule has 1 aromatic rings. The minimum atomic E-state index is 0.563. The average molecular weight is 348 g/mol. The van der Waals surface area contributed by atoms with Crippen LogP contribution in [0.25, 0.3) is 0 Å². The van der Waals surface area contributed by atoms with Crippen molar-refractivity contribution < 1.29 is 4.74 Å². The topological polar surface area (TPSA) is 66.1 Å². The Labute approximate surface area is 152 Å². The van der Waals surface area contributed by atoms with E-state index in [9.17, 15) is 0 Å². The second-order valence-electron chi connectivity index (χ2n) is 6.58. The molecule has 0 bridgehead atoms. The second-order valence-corrected chi connectivity index (χ2v) is 6.58. The zero-order valence-electron chi connectivity index (χ0n) is 15.5. The van der Waals surface area contributed by atoms with Crippen molar-refractivity contribution in [3.8, 4) is 0 Å². The molecule has 1 aromatic carbocycles. The van der Waals surface area contributed by atoms with Crippen LogP contribution in [-0.4, -0.2) is 75.3 Å². The summed E-state index contributed by atoms with van der Waals surface area (Å²) in [7, 11) is 2.14. The van der Waals surface area contributed by atoms with Crippen LogP contribution in [0.2, 0.25) is 0 Å². The SMILES string of the molecule is CN(CCCN=C(N)NCCCN1CCOCC1)Cc1ccccc1. The molecule has 25 heavy (non-hydrogen) atoms. The maximum absolute atomic E-state index is 5.93. The zero-order chi connectivity index (χ0) is 17.7. The molecule has 140 valence electrons.